The van der Waals surface area contributed by atoms with E-state index >= 15 is 0 Å². The van der Waals surface area contributed by atoms with E-state index < -0.39 is 24.1 Å². The highest BCUT2D eigenvalue weighted by Crippen LogP contribution is 2.31. The molecule has 0 aromatic heterocycles. The van der Waals surface area contributed by atoms with Crippen LogP contribution in [0.1, 0.15) is 25.3 Å². The summed E-state index contributed by atoms with van der Waals surface area (Å²) >= 11 is 0. The highest BCUT2D eigenvalue weighted by molar-refractivity contribution is 6.00. The van der Waals surface area contributed by atoms with Crippen molar-refractivity contribution in [1.82, 2.24) is 4.90 Å². The average Bonchev–Trinajstić information content (AvgIpc) is 3.19. The number of benzene rings is 1. The van der Waals surface area contributed by atoms with Crippen molar-refractivity contribution in [1.29, 1.82) is 0 Å². The fourth-order valence-electron chi connectivity index (χ4n) is 3.43. The zero-order chi connectivity index (χ0) is 18.2. The molecule has 1 aromatic carbocycles. The Labute approximate surface area is 145 Å². The third kappa shape index (κ3) is 3.23. The maximum atomic E-state index is 14.2. The summed E-state index contributed by atoms with van der Waals surface area (Å²) in [5, 5.41) is 8.94. The van der Waals surface area contributed by atoms with Crippen molar-refractivity contribution < 1.29 is 23.9 Å². The standard InChI is InChI=1S/C18H21FN2O4/c1-2-12-3-5-14(6-4-12)21-10-13(9-15(21)22)16(23)20-8-7-18(19,11-20)17(24)25/h3-6,13H,2,7-11H2,1H3,(H,24,25). The van der Waals surface area contributed by atoms with E-state index in [1.807, 2.05) is 31.2 Å². The molecule has 2 unspecified atom stereocenters. The first-order valence-electron chi connectivity index (χ1n) is 8.44. The van der Waals surface area contributed by atoms with Crippen molar-refractivity contribution >= 4 is 23.5 Å². The molecule has 1 N–H and O–H groups in total. The number of carboxylic acid groups (broad SMARTS) is 1. The first kappa shape index (κ1) is 17.4. The Hall–Kier alpha value is -2.44. The summed E-state index contributed by atoms with van der Waals surface area (Å²) in [6, 6.07) is 7.61. The number of amides is 2. The van der Waals surface area contributed by atoms with E-state index in [9.17, 15) is 18.8 Å². The molecule has 2 fully saturated rings. The monoisotopic (exact) mass is 348 g/mol. The molecule has 25 heavy (non-hydrogen) atoms. The molecular weight excluding hydrogens is 327 g/mol. The number of carbonyl (C=O) groups excluding carboxylic acids is 2. The summed E-state index contributed by atoms with van der Waals surface area (Å²) in [6.45, 7) is 1.91. The molecule has 0 bridgehead atoms. The highest BCUT2D eigenvalue weighted by Gasteiger charge is 2.48. The van der Waals surface area contributed by atoms with Crippen LogP contribution in [0.2, 0.25) is 0 Å². The third-order valence-corrected chi connectivity index (χ3v) is 5.04. The van der Waals surface area contributed by atoms with Gasteiger partial charge >= 0.3 is 5.97 Å². The second-order valence-electron chi connectivity index (χ2n) is 6.71. The second kappa shape index (κ2) is 6.46. The fourth-order valence-corrected chi connectivity index (χ4v) is 3.43. The number of rotatable bonds is 4. The number of carbonyl (C=O) groups is 3. The Morgan fingerprint density at radius 1 is 1.32 bits per heavy atom. The number of likely N-dealkylation sites (tertiary alicyclic amines) is 1. The van der Waals surface area contributed by atoms with Crippen LogP contribution in [0, 0.1) is 5.92 Å². The molecule has 3 rings (SSSR count). The SMILES string of the molecule is CCc1ccc(N2CC(C(=O)N3CCC(F)(C(=O)O)C3)CC2=O)cc1. The molecule has 6 nitrogen and oxygen atoms in total. The molecular formula is C18H21FN2O4. The van der Waals surface area contributed by atoms with Gasteiger partial charge in [-0.05, 0) is 24.1 Å². The van der Waals surface area contributed by atoms with Crippen molar-refractivity contribution in [3.05, 3.63) is 29.8 Å². The Kier molecular flexibility index (Phi) is 4.49. The minimum Gasteiger partial charge on any atom is -0.479 e. The Bertz CT molecular complexity index is 706. The quantitative estimate of drug-likeness (QED) is 0.897. The molecule has 2 amide bonds. The lowest BCUT2D eigenvalue weighted by Gasteiger charge is -2.21. The van der Waals surface area contributed by atoms with Crippen LogP contribution in [0.3, 0.4) is 0 Å². The number of alkyl halides is 1. The topological polar surface area (TPSA) is 77.9 Å². The number of nitrogens with zero attached hydrogens (tertiary/aromatic N) is 2. The molecule has 2 saturated heterocycles. The van der Waals surface area contributed by atoms with Crippen LogP contribution < -0.4 is 4.90 Å². The molecule has 1 aromatic rings. The van der Waals surface area contributed by atoms with Crippen molar-refractivity contribution in [3.8, 4) is 0 Å². The Balaban J connectivity index is 1.68. The lowest BCUT2D eigenvalue weighted by Crippen LogP contribution is -2.41. The van der Waals surface area contributed by atoms with Crippen LogP contribution in [0.25, 0.3) is 0 Å². The predicted molar refractivity (Wildman–Crippen MR) is 89.0 cm³/mol. The molecule has 7 heteroatoms. The lowest BCUT2D eigenvalue weighted by atomic mass is 10.1. The van der Waals surface area contributed by atoms with Gasteiger partial charge in [0.05, 0.1) is 12.5 Å². The Morgan fingerprint density at radius 2 is 2.00 bits per heavy atom. The molecule has 0 radical (unpaired) electrons. The first-order chi connectivity index (χ1) is 11.8. The first-order valence-corrected chi connectivity index (χ1v) is 8.44. The summed E-state index contributed by atoms with van der Waals surface area (Å²) < 4.78 is 14.2. The third-order valence-electron chi connectivity index (χ3n) is 5.04. The van der Waals surface area contributed by atoms with Gasteiger partial charge in [0.2, 0.25) is 17.5 Å². The Morgan fingerprint density at radius 3 is 2.56 bits per heavy atom. The molecule has 2 aliphatic rings. The van der Waals surface area contributed by atoms with Crippen LogP contribution >= 0.6 is 0 Å². The predicted octanol–water partition coefficient (Wildman–Crippen LogP) is 1.63. The molecule has 2 heterocycles. The van der Waals surface area contributed by atoms with Crippen molar-refractivity contribution in [2.45, 2.75) is 31.9 Å². The lowest BCUT2D eigenvalue weighted by molar-refractivity contribution is -0.150. The van der Waals surface area contributed by atoms with E-state index in [1.54, 1.807) is 4.90 Å². The molecule has 134 valence electrons. The van der Waals surface area contributed by atoms with Crippen LogP contribution in [-0.4, -0.2) is 53.1 Å². The minimum atomic E-state index is -2.38. The molecule has 2 atom stereocenters. The van der Waals surface area contributed by atoms with Crippen LogP contribution in [-0.2, 0) is 20.8 Å². The van der Waals surface area contributed by atoms with E-state index in [0.29, 0.717) is 0 Å². The number of aliphatic carboxylic acids is 1. The van der Waals surface area contributed by atoms with E-state index in [4.69, 9.17) is 5.11 Å². The van der Waals surface area contributed by atoms with Gasteiger partial charge in [0.15, 0.2) is 0 Å². The van der Waals surface area contributed by atoms with Gasteiger partial charge in [-0.3, -0.25) is 9.59 Å². The normalized spacial score (nSPS) is 26.3. The van der Waals surface area contributed by atoms with Gasteiger partial charge in [0.1, 0.15) is 0 Å². The van der Waals surface area contributed by atoms with E-state index in [0.717, 1.165) is 17.7 Å². The van der Waals surface area contributed by atoms with Gasteiger partial charge in [0.25, 0.3) is 0 Å². The van der Waals surface area contributed by atoms with Gasteiger partial charge in [-0.15, -0.1) is 0 Å². The zero-order valence-corrected chi connectivity index (χ0v) is 14.1. The van der Waals surface area contributed by atoms with Gasteiger partial charge in [-0.1, -0.05) is 19.1 Å². The fraction of sp³-hybridized carbons (Fsp3) is 0.500. The van der Waals surface area contributed by atoms with E-state index in [1.165, 1.54) is 4.90 Å². The number of hydrogen-bond donors (Lipinski definition) is 1. The van der Waals surface area contributed by atoms with Gasteiger partial charge in [-0.25, -0.2) is 9.18 Å². The second-order valence-corrected chi connectivity index (χ2v) is 6.71. The van der Waals surface area contributed by atoms with Gasteiger partial charge < -0.3 is 14.9 Å². The molecule has 0 aliphatic carbocycles. The average molecular weight is 348 g/mol. The van der Waals surface area contributed by atoms with Crippen LogP contribution in [0.5, 0.6) is 0 Å². The summed E-state index contributed by atoms with van der Waals surface area (Å²) in [5.74, 6) is -2.59. The summed E-state index contributed by atoms with van der Waals surface area (Å²) in [4.78, 5) is 38.6. The summed E-state index contributed by atoms with van der Waals surface area (Å²) in [6.07, 6.45) is 0.757. The molecule has 2 aliphatic heterocycles. The van der Waals surface area contributed by atoms with E-state index in [-0.39, 0.29) is 37.7 Å². The van der Waals surface area contributed by atoms with Crippen LogP contribution in [0.4, 0.5) is 10.1 Å². The summed E-state index contributed by atoms with van der Waals surface area (Å²) in [5.41, 5.74) is -0.481. The maximum Gasteiger partial charge on any atom is 0.343 e. The van der Waals surface area contributed by atoms with E-state index in [2.05, 4.69) is 0 Å². The summed E-state index contributed by atoms with van der Waals surface area (Å²) in [7, 11) is 0. The number of anilines is 1. The zero-order valence-electron chi connectivity index (χ0n) is 14.1. The van der Waals surface area contributed by atoms with Crippen molar-refractivity contribution in [2.24, 2.45) is 5.92 Å². The van der Waals surface area contributed by atoms with Gasteiger partial charge in [-0.2, -0.15) is 0 Å². The number of aryl methyl sites for hydroxylation is 1. The van der Waals surface area contributed by atoms with Crippen LogP contribution in [0.15, 0.2) is 24.3 Å². The highest BCUT2D eigenvalue weighted by atomic mass is 19.1. The minimum absolute atomic E-state index is 0.0667. The smallest absolute Gasteiger partial charge is 0.343 e. The van der Waals surface area contributed by atoms with Gasteiger partial charge in [0, 0.05) is 31.6 Å². The van der Waals surface area contributed by atoms with Crippen molar-refractivity contribution in [3.63, 3.8) is 0 Å². The largest absolute Gasteiger partial charge is 0.479 e. The molecule has 0 spiro atoms. The van der Waals surface area contributed by atoms with Crippen molar-refractivity contribution in [2.75, 3.05) is 24.5 Å². The number of halogens is 1. The maximum absolute atomic E-state index is 14.2. The number of hydrogen-bond acceptors (Lipinski definition) is 3. The molecule has 0 saturated carbocycles. The number of carboxylic acids is 1.